The van der Waals surface area contributed by atoms with Crippen LogP contribution in [0.2, 0.25) is 0 Å². The van der Waals surface area contributed by atoms with E-state index in [-0.39, 0.29) is 36.0 Å². The van der Waals surface area contributed by atoms with Crippen molar-refractivity contribution in [2.24, 2.45) is 5.73 Å². The van der Waals surface area contributed by atoms with E-state index < -0.39 is 5.91 Å². The van der Waals surface area contributed by atoms with Crippen LogP contribution in [-0.2, 0) is 4.79 Å². The minimum Gasteiger partial charge on any atom is -0.507 e. The molecule has 2 aromatic heterocycles. The molecule has 5 N–H and O–H groups in total. The maximum absolute atomic E-state index is 12.9. The second-order valence-corrected chi connectivity index (χ2v) is 8.82. The first kappa shape index (κ1) is 25.4. The number of carbonyl (C=O) groups is 2. The third-order valence-electron chi connectivity index (χ3n) is 5.42. The van der Waals surface area contributed by atoms with Gasteiger partial charge in [-0.05, 0) is 53.4 Å². The quantitative estimate of drug-likeness (QED) is 0.269. The topological polar surface area (TPSA) is 150 Å². The summed E-state index contributed by atoms with van der Waals surface area (Å²) in [6.45, 7) is 0.217. The van der Waals surface area contributed by atoms with Crippen LogP contribution < -0.4 is 21.1 Å². The van der Waals surface area contributed by atoms with Crippen molar-refractivity contribution in [3.8, 4) is 40.0 Å². The standard InChI is InChI=1S/C27H23N5O4S/c1-36-18-7-8-23(33)20(13-18)22-14-19(16-4-2-5-17(12-16)30-25(34)9-10-28)21(15-29)26(31-22)32-27(35)24-6-3-11-37-24/h2-8,11-14,33H,9-10,28H2,1H3,(H,30,34)(H,31,32,35). The van der Waals surface area contributed by atoms with Crippen LogP contribution in [0.15, 0.2) is 66.0 Å². The number of anilines is 2. The zero-order chi connectivity index (χ0) is 26.4. The molecule has 37 heavy (non-hydrogen) atoms. The number of nitrogens with zero attached hydrogens (tertiary/aromatic N) is 2. The number of hydrogen-bond acceptors (Lipinski definition) is 8. The van der Waals surface area contributed by atoms with Crippen LogP contribution in [-0.4, -0.2) is 35.6 Å². The van der Waals surface area contributed by atoms with Gasteiger partial charge in [-0.15, -0.1) is 11.3 Å². The van der Waals surface area contributed by atoms with E-state index in [1.165, 1.54) is 24.5 Å². The summed E-state index contributed by atoms with van der Waals surface area (Å²) in [6.07, 6.45) is 0.168. The fourth-order valence-corrected chi connectivity index (χ4v) is 4.28. The number of ether oxygens (including phenoxy) is 1. The van der Waals surface area contributed by atoms with Crippen LogP contribution in [0.1, 0.15) is 21.7 Å². The van der Waals surface area contributed by atoms with E-state index in [0.29, 0.717) is 38.7 Å². The third kappa shape index (κ3) is 5.75. The normalized spacial score (nSPS) is 10.4. The molecule has 10 heteroatoms. The van der Waals surface area contributed by atoms with Gasteiger partial charge in [0.1, 0.15) is 23.1 Å². The first-order valence-corrected chi connectivity index (χ1v) is 12.1. The second-order valence-electron chi connectivity index (χ2n) is 7.87. The number of aromatic hydroxyl groups is 1. The van der Waals surface area contributed by atoms with Gasteiger partial charge in [0.15, 0.2) is 5.82 Å². The molecule has 0 radical (unpaired) electrons. The predicted octanol–water partition coefficient (Wildman–Crippen LogP) is 4.60. The molecule has 0 aliphatic rings. The number of benzene rings is 2. The zero-order valence-electron chi connectivity index (χ0n) is 19.8. The monoisotopic (exact) mass is 513 g/mol. The minimum atomic E-state index is -0.417. The largest absolute Gasteiger partial charge is 0.507 e. The van der Waals surface area contributed by atoms with Crippen LogP contribution in [0.4, 0.5) is 11.5 Å². The number of carbonyl (C=O) groups excluding carboxylic acids is 2. The van der Waals surface area contributed by atoms with E-state index in [9.17, 15) is 20.0 Å². The van der Waals surface area contributed by atoms with Gasteiger partial charge in [-0.3, -0.25) is 9.59 Å². The highest BCUT2D eigenvalue weighted by molar-refractivity contribution is 7.12. The van der Waals surface area contributed by atoms with Gasteiger partial charge in [0.05, 0.1) is 17.7 Å². The Morgan fingerprint density at radius 1 is 1.11 bits per heavy atom. The fraction of sp³-hybridized carbons (Fsp3) is 0.111. The molecule has 4 aromatic rings. The van der Waals surface area contributed by atoms with Gasteiger partial charge in [0, 0.05) is 29.8 Å². The molecule has 0 saturated carbocycles. The van der Waals surface area contributed by atoms with Crippen molar-refractivity contribution in [2.45, 2.75) is 6.42 Å². The number of amides is 2. The van der Waals surface area contributed by atoms with Crippen molar-refractivity contribution < 1.29 is 19.4 Å². The molecule has 0 aliphatic heterocycles. The highest BCUT2D eigenvalue weighted by Crippen LogP contribution is 2.37. The Hall–Kier alpha value is -4.72. The number of aromatic nitrogens is 1. The van der Waals surface area contributed by atoms with Gasteiger partial charge in [-0.25, -0.2) is 4.98 Å². The molecular formula is C27H23N5O4S. The zero-order valence-corrected chi connectivity index (χ0v) is 20.6. The Labute approximate surface area is 217 Å². The number of nitriles is 1. The average Bonchev–Trinajstić information content (AvgIpc) is 3.44. The first-order valence-electron chi connectivity index (χ1n) is 11.2. The first-order chi connectivity index (χ1) is 17.9. The molecule has 0 fully saturated rings. The molecule has 4 rings (SSSR count). The molecule has 0 saturated heterocycles. The fourth-order valence-electron chi connectivity index (χ4n) is 3.66. The van der Waals surface area contributed by atoms with Gasteiger partial charge in [-0.1, -0.05) is 18.2 Å². The summed E-state index contributed by atoms with van der Waals surface area (Å²) in [5.41, 5.74) is 7.83. The average molecular weight is 514 g/mol. The molecule has 2 heterocycles. The molecule has 0 unspecified atom stereocenters. The molecule has 2 aromatic carbocycles. The van der Waals surface area contributed by atoms with Crippen molar-refractivity contribution in [3.05, 3.63) is 76.5 Å². The molecule has 0 atom stereocenters. The number of nitrogens with two attached hydrogens (primary N) is 1. The van der Waals surface area contributed by atoms with Crippen LogP contribution in [0.5, 0.6) is 11.5 Å². The lowest BCUT2D eigenvalue weighted by atomic mass is 9.97. The van der Waals surface area contributed by atoms with Crippen molar-refractivity contribution >= 4 is 34.7 Å². The second kappa shape index (κ2) is 11.3. The lowest BCUT2D eigenvalue weighted by Gasteiger charge is -2.15. The molecule has 0 bridgehead atoms. The van der Waals surface area contributed by atoms with Gasteiger partial charge >= 0.3 is 0 Å². The maximum atomic E-state index is 12.9. The molecule has 9 nitrogen and oxygen atoms in total. The number of rotatable bonds is 8. The minimum absolute atomic E-state index is 0.0354. The predicted molar refractivity (Wildman–Crippen MR) is 143 cm³/mol. The summed E-state index contributed by atoms with van der Waals surface area (Å²) in [5.74, 6) is -0.176. The summed E-state index contributed by atoms with van der Waals surface area (Å²) < 4.78 is 5.30. The number of hydrogen-bond donors (Lipinski definition) is 4. The van der Waals surface area contributed by atoms with Crippen LogP contribution in [0.25, 0.3) is 22.4 Å². The SMILES string of the molecule is COc1ccc(O)c(-c2cc(-c3cccc(NC(=O)CCN)c3)c(C#N)c(NC(=O)c3cccs3)n2)c1. The summed E-state index contributed by atoms with van der Waals surface area (Å²) in [4.78, 5) is 29.9. The van der Waals surface area contributed by atoms with Crippen LogP contribution >= 0.6 is 11.3 Å². The summed E-state index contributed by atoms with van der Waals surface area (Å²) >= 11 is 1.26. The number of pyridine rings is 1. The van der Waals surface area contributed by atoms with Gasteiger partial charge in [0.25, 0.3) is 5.91 Å². The van der Waals surface area contributed by atoms with Crippen molar-refractivity contribution in [3.63, 3.8) is 0 Å². The Balaban J connectivity index is 1.88. The number of phenolic OH excluding ortho intramolecular Hbond substituents is 1. The van der Waals surface area contributed by atoms with E-state index in [1.807, 2.05) is 0 Å². The number of thiophene rings is 1. The van der Waals surface area contributed by atoms with Crippen molar-refractivity contribution in [1.29, 1.82) is 5.26 Å². The molecule has 0 aliphatic carbocycles. The highest BCUT2D eigenvalue weighted by Gasteiger charge is 2.20. The Morgan fingerprint density at radius 3 is 2.65 bits per heavy atom. The summed E-state index contributed by atoms with van der Waals surface area (Å²) in [6, 6.07) is 18.8. The Kier molecular flexibility index (Phi) is 7.78. The third-order valence-corrected chi connectivity index (χ3v) is 6.29. The van der Waals surface area contributed by atoms with E-state index in [2.05, 4.69) is 21.7 Å². The Morgan fingerprint density at radius 2 is 1.95 bits per heavy atom. The molecule has 186 valence electrons. The maximum Gasteiger partial charge on any atom is 0.266 e. The van der Waals surface area contributed by atoms with E-state index in [1.54, 1.807) is 60.0 Å². The van der Waals surface area contributed by atoms with Crippen molar-refractivity contribution in [2.75, 3.05) is 24.3 Å². The van der Waals surface area contributed by atoms with Crippen molar-refractivity contribution in [1.82, 2.24) is 4.98 Å². The molecule has 0 spiro atoms. The van der Waals surface area contributed by atoms with Gasteiger partial charge in [0.2, 0.25) is 5.91 Å². The lowest BCUT2D eigenvalue weighted by Crippen LogP contribution is -2.16. The number of phenols is 1. The summed E-state index contributed by atoms with van der Waals surface area (Å²) in [5, 5.41) is 28.0. The van der Waals surface area contributed by atoms with E-state index in [0.717, 1.165) is 0 Å². The number of methoxy groups -OCH3 is 1. The Bertz CT molecular complexity index is 1500. The van der Waals surface area contributed by atoms with Crippen LogP contribution in [0, 0.1) is 11.3 Å². The van der Waals surface area contributed by atoms with Crippen LogP contribution in [0.3, 0.4) is 0 Å². The van der Waals surface area contributed by atoms with E-state index >= 15 is 0 Å². The number of nitrogens with one attached hydrogen (secondary N) is 2. The highest BCUT2D eigenvalue weighted by atomic mass is 32.1. The lowest BCUT2D eigenvalue weighted by molar-refractivity contribution is -0.116. The van der Waals surface area contributed by atoms with Gasteiger partial charge < -0.3 is 26.2 Å². The molecular weight excluding hydrogens is 490 g/mol. The summed E-state index contributed by atoms with van der Waals surface area (Å²) in [7, 11) is 1.50. The smallest absolute Gasteiger partial charge is 0.266 e. The molecule has 2 amide bonds. The van der Waals surface area contributed by atoms with Gasteiger partial charge in [-0.2, -0.15) is 5.26 Å². The van der Waals surface area contributed by atoms with E-state index in [4.69, 9.17) is 10.5 Å².